The molecule has 1 unspecified atom stereocenters. The number of esters is 1. The molecule has 1 aliphatic rings. The third-order valence-corrected chi connectivity index (χ3v) is 8.05. The Balaban J connectivity index is 1.86. The fourth-order valence-corrected chi connectivity index (χ4v) is 5.72. The number of halogens is 2. The zero-order chi connectivity index (χ0) is 28.8. The van der Waals surface area contributed by atoms with E-state index in [1.165, 1.54) is 22.0 Å². The molecule has 0 aliphatic carbocycles. The number of allylic oxidation sites excluding steroid dienone is 1. The van der Waals surface area contributed by atoms with Crippen molar-refractivity contribution in [2.24, 2.45) is 4.99 Å². The van der Waals surface area contributed by atoms with Crippen LogP contribution in [0.1, 0.15) is 50.3 Å². The third kappa shape index (κ3) is 6.35. The number of carbonyl (C=O) groups excluding carboxylic acids is 1. The topological polar surface area (TPSA) is 79.1 Å². The van der Waals surface area contributed by atoms with Gasteiger partial charge in [-0.3, -0.25) is 9.36 Å². The van der Waals surface area contributed by atoms with E-state index in [1.54, 1.807) is 50.4 Å². The molecule has 2 aromatic carbocycles. The van der Waals surface area contributed by atoms with Crippen LogP contribution < -0.4 is 24.4 Å². The summed E-state index contributed by atoms with van der Waals surface area (Å²) in [4.78, 5) is 32.2. The largest absolute Gasteiger partial charge is 0.493 e. The number of carbonyl (C=O) groups is 1. The van der Waals surface area contributed by atoms with Crippen LogP contribution in [0.25, 0.3) is 6.08 Å². The van der Waals surface area contributed by atoms with E-state index in [4.69, 9.17) is 37.4 Å². The van der Waals surface area contributed by atoms with Crippen LogP contribution in [0.3, 0.4) is 0 Å². The van der Waals surface area contributed by atoms with Gasteiger partial charge in [-0.25, -0.2) is 9.79 Å². The number of hydrogen-bond acceptors (Lipinski definition) is 7. The average molecular weight is 602 g/mol. The maximum absolute atomic E-state index is 13.8. The van der Waals surface area contributed by atoms with E-state index in [0.29, 0.717) is 54.3 Å². The summed E-state index contributed by atoms with van der Waals surface area (Å²) in [5.74, 6) is 0.509. The Morgan fingerprint density at radius 2 is 1.95 bits per heavy atom. The van der Waals surface area contributed by atoms with Gasteiger partial charge in [0.1, 0.15) is 6.61 Å². The number of nitrogens with zero attached hydrogens (tertiary/aromatic N) is 2. The van der Waals surface area contributed by atoms with E-state index >= 15 is 0 Å². The zero-order valence-electron chi connectivity index (χ0n) is 22.5. The molecule has 3 aromatic rings. The fourth-order valence-electron chi connectivity index (χ4n) is 4.37. The molecule has 7 nitrogen and oxygen atoms in total. The van der Waals surface area contributed by atoms with Gasteiger partial charge in [0, 0.05) is 0 Å². The average Bonchev–Trinajstić information content (AvgIpc) is 3.24. The molecule has 0 spiro atoms. The van der Waals surface area contributed by atoms with E-state index in [1.807, 2.05) is 6.07 Å². The standard InChI is InChI=1S/C30H30Cl2N2O5S/c1-5-7-8-14-38-23-12-10-20(17-24(23)37-4)27-26(29(36)39-13-6-2)18(3)33-30-34(27)28(35)25(40-30)16-19-9-11-21(31)22(32)15-19/h6,9-12,15-17,27H,2,5,7-8,13-14H2,1,3-4H3/b25-16-. The first-order chi connectivity index (χ1) is 19.3. The highest BCUT2D eigenvalue weighted by atomic mass is 35.5. The molecule has 1 aliphatic heterocycles. The number of aromatic nitrogens is 1. The van der Waals surface area contributed by atoms with E-state index in [2.05, 4.69) is 18.5 Å². The summed E-state index contributed by atoms with van der Waals surface area (Å²) in [5.41, 5.74) is 1.78. The van der Waals surface area contributed by atoms with E-state index in [-0.39, 0.29) is 17.7 Å². The minimum atomic E-state index is -0.799. The van der Waals surface area contributed by atoms with Gasteiger partial charge >= 0.3 is 5.97 Å². The maximum Gasteiger partial charge on any atom is 0.338 e. The lowest BCUT2D eigenvalue weighted by Gasteiger charge is -2.25. The SMILES string of the molecule is C=CCOC(=O)C1=C(C)N=c2s/c(=C\c3ccc(Cl)c(Cl)c3)c(=O)n2C1c1ccc(OCCCCC)c(OC)c1. The van der Waals surface area contributed by atoms with Gasteiger partial charge in [-0.05, 0) is 54.8 Å². The summed E-state index contributed by atoms with van der Waals surface area (Å²) in [6, 6.07) is 9.75. The van der Waals surface area contributed by atoms with Crippen molar-refractivity contribution in [3.8, 4) is 11.5 Å². The summed E-state index contributed by atoms with van der Waals surface area (Å²) in [6.07, 6.45) is 6.30. The lowest BCUT2D eigenvalue weighted by molar-refractivity contribution is -0.138. The second-order valence-corrected chi connectivity index (χ2v) is 10.9. The molecular weight excluding hydrogens is 571 g/mol. The number of hydrogen-bond donors (Lipinski definition) is 0. The predicted octanol–water partition coefficient (Wildman–Crippen LogP) is 5.85. The Bertz CT molecular complexity index is 1640. The Labute approximate surface area is 246 Å². The molecule has 0 saturated heterocycles. The lowest BCUT2D eigenvalue weighted by Crippen LogP contribution is -2.40. The smallest absolute Gasteiger partial charge is 0.338 e. The van der Waals surface area contributed by atoms with Crippen LogP contribution in [0.4, 0.5) is 0 Å². The van der Waals surface area contributed by atoms with Gasteiger partial charge in [-0.15, -0.1) is 0 Å². The molecule has 4 rings (SSSR count). The molecule has 0 N–H and O–H groups in total. The first-order valence-electron chi connectivity index (χ1n) is 12.8. The van der Waals surface area contributed by atoms with Gasteiger partial charge in [0.25, 0.3) is 5.56 Å². The van der Waals surface area contributed by atoms with Crippen LogP contribution >= 0.6 is 34.5 Å². The molecular formula is C30H30Cl2N2O5S. The number of thiazole rings is 1. The molecule has 210 valence electrons. The van der Waals surface area contributed by atoms with Crippen molar-refractivity contribution in [1.29, 1.82) is 0 Å². The van der Waals surface area contributed by atoms with Crippen LogP contribution in [0, 0.1) is 0 Å². The monoisotopic (exact) mass is 600 g/mol. The van der Waals surface area contributed by atoms with Crippen molar-refractivity contribution in [2.45, 2.75) is 39.2 Å². The number of fused-ring (bicyclic) bond motifs is 1. The summed E-state index contributed by atoms with van der Waals surface area (Å²) in [7, 11) is 1.56. The predicted molar refractivity (Wildman–Crippen MR) is 159 cm³/mol. The second kappa shape index (κ2) is 13.4. The third-order valence-electron chi connectivity index (χ3n) is 6.32. The molecule has 2 heterocycles. The van der Waals surface area contributed by atoms with Crippen LogP contribution in [-0.2, 0) is 9.53 Å². The van der Waals surface area contributed by atoms with Crippen molar-refractivity contribution in [3.63, 3.8) is 0 Å². The Hall–Kier alpha value is -3.33. The summed E-state index contributed by atoms with van der Waals surface area (Å²) < 4.78 is 18.9. The zero-order valence-corrected chi connectivity index (χ0v) is 24.9. The Kier molecular flexibility index (Phi) is 9.90. The minimum absolute atomic E-state index is 0.0257. The normalized spacial score (nSPS) is 14.9. The van der Waals surface area contributed by atoms with Crippen molar-refractivity contribution in [1.82, 2.24) is 4.57 Å². The molecule has 40 heavy (non-hydrogen) atoms. The molecule has 0 amide bonds. The van der Waals surface area contributed by atoms with Crippen LogP contribution in [-0.4, -0.2) is 30.9 Å². The van der Waals surface area contributed by atoms with Gasteiger partial charge in [-0.1, -0.05) is 79.1 Å². The van der Waals surface area contributed by atoms with E-state index in [9.17, 15) is 9.59 Å². The van der Waals surface area contributed by atoms with Gasteiger partial charge < -0.3 is 14.2 Å². The fraction of sp³-hybridized carbons (Fsp3) is 0.300. The summed E-state index contributed by atoms with van der Waals surface area (Å²) in [5, 5.41) is 0.804. The summed E-state index contributed by atoms with van der Waals surface area (Å²) >= 11 is 13.5. The first kappa shape index (κ1) is 29.6. The van der Waals surface area contributed by atoms with E-state index < -0.39 is 12.0 Å². The van der Waals surface area contributed by atoms with Gasteiger partial charge in [0.2, 0.25) is 0 Å². The first-order valence-corrected chi connectivity index (χ1v) is 14.4. The second-order valence-electron chi connectivity index (χ2n) is 9.11. The molecule has 0 radical (unpaired) electrons. The van der Waals surface area contributed by atoms with Crippen molar-refractivity contribution < 1.29 is 19.0 Å². The van der Waals surface area contributed by atoms with Crippen LogP contribution in [0.15, 0.2) is 70.1 Å². The number of methoxy groups -OCH3 is 1. The number of rotatable bonds is 11. The molecule has 0 saturated carbocycles. The number of unbranched alkanes of at least 4 members (excludes halogenated alkanes) is 2. The molecule has 0 bridgehead atoms. The van der Waals surface area contributed by atoms with Gasteiger partial charge in [-0.2, -0.15) is 0 Å². The highest BCUT2D eigenvalue weighted by Crippen LogP contribution is 2.36. The molecule has 1 aromatic heterocycles. The van der Waals surface area contributed by atoms with Gasteiger partial charge in [0.05, 0.1) is 45.6 Å². The molecule has 0 fully saturated rings. The Morgan fingerprint density at radius 3 is 2.65 bits per heavy atom. The summed E-state index contributed by atoms with van der Waals surface area (Å²) in [6.45, 7) is 8.08. The molecule has 10 heteroatoms. The quantitative estimate of drug-likeness (QED) is 0.157. The number of benzene rings is 2. The van der Waals surface area contributed by atoms with Crippen LogP contribution in [0.5, 0.6) is 11.5 Å². The highest BCUT2D eigenvalue weighted by molar-refractivity contribution is 7.07. The van der Waals surface area contributed by atoms with Crippen molar-refractivity contribution in [2.75, 3.05) is 20.3 Å². The Morgan fingerprint density at radius 1 is 1.15 bits per heavy atom. The van der Waals surface area contributed by atoms with Gasteiger partial charge in [0.15, 0.2) is 16.3 Å². The highest BCUT2D eigenvalue weighted by Gasteiger charge is 2.34. The lowest BCUT2D eigenvalue weighted by atomic mass is 9.95. The maximum atomic E-state index is 13.8. The minimum Gasteiger partial charge on any atom is -0.493 e. The van der Waals surface area contributed by atoms with Crippen LogP contribution in [0.2, 0.25) is 10.0 Å². The number of ether oxygens (including phenoxy) is 3. The van der Waals surface area contributed by atoms with Crippen molar-refractivity contribution in [3.05, 3.63) is 101 Å². The van der Waals surface area contributed by atoms with Crippen molar-refractivity contribution >= 4 is 46.6 Å². The molecule has 1 atom stereocenters. The van der Waals surface area contributed by atoms with E-state index in [0.717, 1.165) is 19.3 Å².